The average Bonchev–Trinajstić information content (AvgIpc) is 3.07. The third-order valence-electron chi connectivity index (χ3n) is 3.49. The van der Waals surface area contributed by atoms with E-state index in [0.717, 1.165) is 19.0 Å². The van der Waals surface area contributed by atoms with Crippen molar-refractivity contribution in [2.75, 3.05) is 19.8 Å². The molecule has 0 spiro atoms. The molecule has 0 heterocycles. The van der Waals surface area contributed by atoms with E-state index in [1.54, 1.807) is 0 Å². The molecule has 0 aromatic heterocycles. The lowest BCUT2D eigenvalue weighted by Gasteiger charge is -2.20. The molecule has 0 aromatic rings. The topological polar surface area (TPSA) is 21.3 Å². The van der Waals surface area contributed by atoms with E-state index < -0.39 is 12.8 Å². The van der Waals surface area contributed by atoms with Gasteiger partial charge in [-0.2, -0.15) is 13.2 Å². The van der Waals surface area contributed by atoms with Gasteiger partial charge in [0.15, 0.2) is 0 Å². The van der Waals surface area contributed by atoms with Crippen LogP contribution in [0.1, 0.15) is 39.5 Å². The molecule has 2 nitrogen and oxygen atoms in total. The Morgan fingerprint density at radius 1 is 1.22 bits per heavy atom. The molecule has 2 unspecified atom stereocenters. The summed E-state index contributed by atoms with van der Waals surface area (Å²) < 4.78 is 40.1. The summed E-state index contributed by atoms with van der Waals surface area (Å²) in [6.45, 7) is 4.43. The van der Waals surface area contributed by atoms with Gasteiger partial charge < -0.3 is 10.1 Å². The highest BCUT2D eigenvalue weighted by atomic mass is 19.4. The van der Waals surface area contributed by atoms with Crippen LogP contribution < -0.4 is 5.32 Å². The Morgan fingerprint density at radius 2 is 1.89 bits per heavy atom. The predicted octanol–water partition coefficient (Wildman–Crippen LogP) is 3.37. The molecule has 2 atom stereocenters. The van der Waals surface area contributed by atoms with Gasteiger partial charge in [-0.1, -0.05) is 13.8 Å². The van der Waals surface area contributed by atoms with Crippen molar-refractivity contribution in [2.24, 2.45) is 11.8 Å². The van der Waals surface area contributed by atoms with E-state index >= 15 is 0 Å². The second-order valence-electron chi connectivity index (χ2n) is 5.45. The summed E-state index contributed by atoms with van der Waals surface area (Å²) in [4.78, 5) is 0. The summed E-state index contributed by atoms with van der Waals surface area (Å²) in [5.41, 5.74) is 0. The fraction of sp³-hybridized carbons (Fsp3) is 1.00. The normalized spacial score (nSPS) is 19.8. The van der Waals surface area contributed by atoms with Gasteiger partial charge in [0.1, 0.15) is 6.61 Å². The summed E-state index contributed by atoms with van der Waals surface area (Å²) in [6, 6.07) is 0.717. The average molecular weight is 267 g/mol. The minimum Gasteiger partial charge on any atom is -0.372 e. The quantitative estimate of drug-likeness (QED) is 0.647. The molecule has 108 valence electrons. The van der Waals surface area contributed by atoms with Gasteiger partial charge in [0.25, 0.3) is 0 Å². The van der Waals surface area contributed by atoms with Crippen molar-refractivity contribution in [1.29, 1.82) is 0 Å². The zero-order chi connectivity index (χ0) is 13.6. The largest absolute Gasteiger partial charge is 0.411 e. The third-order valence-corrected chi connectivity index (χ3v) is 3.49. The third kappa shape index (κ3) is 7.93. The smallest absolute Gasteiger partial charge is 0.372 e. The Morgan fingerprint density at radius 3 is 2.44 bits per heavy atom. The number of ether oxygens (including phenoxy) is 1. The molecule has 18 heavy (non-hydrogen) atoms. The summed E-state index contributed by atoms with van der Waals surface area (Å²) in [5.74, 6) is 1.08. The Balaban J connectivity index is 1.96. The highest BCUT2D eigenvalue weighted by molar-refractivity contribution is 4.81. The van der Waals surface area contributed by atoms with Crippen molar-refractivity contribution in [2.45, 2.75) is 51.7 Å². The first kappa shape index (κ1) is 15.8. The molecule has 0 radical (unpaired) electrons. The molecule has 5 heteroatoms. The first-order valence-electron chi connectivity index (χ1n) is 6.76. The number of halogens is 3. The summed E-state index contributed by atoms with van der Waals surface area (Å²) in [5, 5.41) is 3.48. The standard InChI is InChI=1S/C13H24F3NO/c1-10(11(2)8-17-12-5-6-12)4-3-7-18-9-13(14,15)16/h10-12,17H,3-9H2,1-2H3. The molecule has 1 saturated carbocycles. The predicted molar refractivity (Wildman–Crippen MR) is 65.5 cm³/mol. The van der Waals surface area contributed by atoms with Gasteiger partial charge in [-0.3, -0.25) is 0 Å². The van der Waals surface area contributed by atoms with Crippen LogP contribution in [0.5, 0.6) is 0 Å². The molecule has 1 aliphatic carbocycles. The Bertz CT molecular complexity index is 229. The molecule has 1 fully saturated rings. The van der Waals surface area contributed by atoms with E-state index in [-0.39, 0.29) is 6.61 Å². The SMILES string of the molecule is CC(CCCOCC(F)(F)F)C(C)CNC1CC1. The second kappa shape index (κ2) is 7.34. The van der Waals surface area contributed by atoms with Crippen LogP contribution in [-0.4, -0.2) is 32.0 Å². The van der Waals surface area contributed by atoms with Crippen molar-refractivity contribution in [1.82, 2.24) is 5.32 Å². The maximum absolute atomic E-state index is 11.8. The van der Waals surface area contributed by atoms with Crippen LogP contribution in [0.15, 0.2) is 0 Å². The number of hydrogen-bond acceptors (Lipinski definition) is 2. The molecular formula is C13H24F3NO. The molecule has 0 bridgehead atoms. The molecule has 0 aromatic carbocycles. The lowest BCUT2D eigenvalue weighted by molar-refractivity contribution is -0.174. The zero-order valence-corrected chi connectivity index (χ0v) is 11.2. The van der Waals surface area contributed by atoms with E-state index in [0.29, 0.717) is 18.3 Å². The van der Waals surface area contributed by atoms with Crippen molar-refractivity contribution in [3.63, 3.8) is 0 Å². The molecule has 1 N–H and O–H groups in total. The van der Waals surface area contributed by atoms with Crippen LogP contribution in [0, 0.1) is 11.8 Å². The Kier molecular flexibility index (Phi) is 6.43. The van der Waals surface area contributed by atoms with Gasteiger partial charge in [0, 0.05) is 12.6 Å². The highest BCUT2D eigenvalue weighted by Gasteiger charge is 2.27. The molecule has 1 aliphatic rings. The van der Waals surface area contributed by atoms with Gasteiger partial charge >= 0.3 is 6.18 Å². The van der Waals surface area contributed by atoms with E-state index in [2.05, 4.69) is 23.9 Å². The molecular weight excluding hydrogens is 243 g/mol. The lowest BCUT2D eigenvalue weighted by Crippen LogP contribution is -2.27. The summed E-state index contributed by atoms with van der Waals surface area (Å²) in [6.07, 6.45) is -0.0117. The van der Waals surface area contributed by atoms with Gasteiger partial charge in [0.2, 0.25) is 0 Å². The highest BCUT2D eigenvalue weighted by Crippen LogP contribution is 2.21. The summed E-state index contributed by atoms with van der Waals surface area (Å²) >= 11 is 0. The number of hydrogen-bond donors (Lipinski definition) is 1. The van der Waals surface area contributed by atoms with Crippen LogP contribution >= 0.6 is 0 Å². The number of rotatable bonds is 9. The van der Waals surface area contributed by atoms with Gasteiger partial charge in [-0.05, 0) is 44.1 Å². The molecule has 1 rings (SSSR count). The zero-order valence-electron chi connectivity index (χ0n) is 11.2. The van der Waals surface area contributed by atoms with Crippen LogP contribution in [0.25, 0.3) is 0 Å². The van der Waals surface area contributed by atoms with Crippen molar-refractivity contribution >= 4 is 0 Å². The van der Waals surface area contributed by atoms with Gasteiger partial charge in [-0.25, -0.2) is 0 Å². The van der Waals surface area contributed by atoms with E-state index in [1.807, 2.05) is 0 Å². The number of alkyl halides is 3. The van der Waals surface area contributed by atoms with E-state index in [9.17, 15) is 13.2 Å². The van der Waals surface area contributed by atoms with Gasteiger partial charge in [-0.15, -0.1) is 0 Å². The molecule has 0 aliphatic heterocycles. The minimum atomic E-state index is -4.20. The first-order chi connectivity index (χ1) is 8.38. The maximum atomic E-state index is 11.8. The first-order valence-corrected chi connectivity index (χ1v) is 6.76. The van der Waals surface area contributed by atoms with Crippen molar-refractivity contribution < 1.29 is 17.9 Å². The van der Waals surface area contributed by atoms with E-state index in [4.69, 9.17) is 0 Å². The Hall–Kier alpha value is -0.290. The molecule has 0 saturated heterocycles. The Labute approximate surface area is 107 Å². The van der Waals surface area contributed by atoms with Gasteiger partial charge in [0.05, 0.1) is 0 Å². The molecule has 0 amide bonds. The van der Waals surface area contributed by atoms with E-state index in [1.165, 1.54) is 12.8 Å². The van der Waals surface area contributed by atoms with Crippen molar-refractivity contribution in [3.05, 3.63) is 0 Å². The van der Waals surface area contributed by atoms with Crippen LogP contribution in [0.3, 0.4) is 0 Å². The van der Waals surface area contributed by atoms with Crippen LogP contribution in [0.4, 0.5) is 13.2 Å². The second-order valence-corrected chi connectivity index (χ2v) is 5.45. The number of nitrogens with one attached hydrogen (secondary N) is 1. The fourth-order valence-corrected chi connectivity index (χ4v) is 1.82. The monoisotopic (exact) mass is 267 g/mol. The lowest BCUT2D eigenvalue weighted by atomic mass is 9.91. The maximum Gasteiger partial charge on any atom is 0.411 e. The van der Waals surface area contributed by atoms with Crippen molar-refractivity contribution in [3.8, 4) is 0 Å². The van der Waals surface area contributed by atoms with Crippen LogP contribution in [0.2, 0.25) is 0 Å². The minimum absolute atomic E-state index is 0.201. The van der Waals surface area contributed by atoms with Crippen LogP contribution in [-0.2, 0) is 4.74 Å². The summed E-state index contributed by atoms with van der Waals surface area (Å²) in [7, 11) is 0. The fourth-order valence-electron chi connectivity index (χ4n) is 1.82.